The van der Waals surface area contributed by atoms with Crippen molar-refractivity contribution in [1.82, 2.24) is 15.3 Å². The number of hydrogen-bond donors (Lipinski definition) is 2. The summed E-state index contributed by atoms with van der Waals surface area (Å²) in [6.45, 7) is 2.04. The Labute approximate surface area is 88.1 Å². The van der Waals surface area contributed by atoms with Crippen LogP contribution in [0.5, 0.6) is 0 Å². The van der Waals surface area contributed by atoms with Crippen molar-refractivity contribution in [2.24, 2.45) is 0 Å². The van der Waals surface area contributed by atoms with Crippen LogP contribution in [-0.4, -0.2) is 21.4 Å². The number of nitrogens with two attached hydrogens (primary N) is 1. The zero-order chi connectivity index (χ0) is 10.9. The van der Waals surface area contributed by atoms with Crippen molar-refractivity contribution in [3.63, 3.8) is 0 Å². The Morgan fingerprint density at radius 1 is 1.53 bits per heavy atom. The van der Waals surface area contributed by atoms with Crippen LogP contribution in [0, 0.1) is 0 Å². The van der Waals surface area contributed by atoms with Crippen molar-refractivity contribution in [2.75, 3.05) is 5.73 Å². The maximum Gasteiger partial charge on any atom is 0.271 e. The Balaban J connectivity index is 2.08. The molecule has 5 nitrogen and oxygen atoms in total. The molecule has 0 saturated heterocycles. The van der Waals surface area contributed by atoms with Crippen LogP contribution >= 0.6 is 0 Å². The molecule has 3 N–H and O–H groups in total. The molecule has 1 fully saturated rings. The van der Waals surface area contributed by atoms with E-state index in [1.165, 1.54) is 18.8 Å². The van der Waals surface area contributed by atoms with E-state index in [9.17, 15) is 4.79 Å². The Kier molecular flexibility index (Phi) is 2.30. The molecule has 5 heteroatoms. The van der Waals surface area contributed by atoms with Gasteiger partial charge >= 0.3 is 0 Å². The number of nitrogens with one attached hydrogen (secondary N) is 1. The molecule has 0 spiro atoms. The van der Waals surface area contributed by atoms with Gasteiger partial charge in [0.1, 0.15) is 11.5 Å². The van der Waals surface area contributed by atoms with Crippen LogP contribution < -0.4 is 11.1 Å². The van der Waals surface area contributed by atoms with E-state index in [2.05, 4.69) is 15.3 Å². The van der Waals surface area contributed by atoms with Crippen LogP contribution in [0.15, 0.2) is 12.4 Å². The fourth-order valence-corrected chi connectivity index (χ4v) is 1.66. The third kappa shape index (κ3) is 2.06. The molecule has 0 aliphatic heterocycles. The number of anilines is 1. The molecular formula is C10H14N4O. The average Bonchev–Trinajstić information content (AvgIpc) is 2.15. The van der Waals surface area contributed by atoms with Crippen LogP contribution in [0.4, 0.5) is 5.82 Å². The number of amides is 1. The Hall–Kier alpha value is -1.65. The number of rotatable bonds is 2. The van der Waals surface area contributed by atoms with E-state index in [-0.39, 0.29) is 23.0 Å². The molecule has 1 heterocycles. The second kappa shape index (κ2) is 3.49. The average molecular weight is 206 g/mol. The van der Waals surface area contributed by atoms with Gasteiger partial charge in [0, 0.05) is 5.54 Å². The third-order valence-corrected chi connectivity index (χ3v) is 2.76. The molecular weight excluding hydrogens is 192 g/mol. The molecule has 2 rings (SSSR count). The molecule has 15 heavy (non-hydrogen) atoms. The molecule has 80 valence electrons. The lowest BCUT2D eigenvalue weighted by Crippen LogP contribution is -2.51. The molecule has 1 aromatic heterocycles. The number of hydrogen-bond acceptors (Lipinski definition) is 4. The standard InChI is InChI=1S/C10H14N4O/c1-10(3-2-4-10)14-9(15)7-5-12-6-8(11)13-7/h5-6H,2-4H2,1H3,(H2,11,13)(H,14,15). The van der Waals surface area contributed by atoms with Gasteiger partial charge in [0.2, 0.25) is 0 Å². The molecule has 0 bridgehead atoms. The number of carbonyl (C=O) groups is 1. The van der Waals surface area contributed by atoms with Crippen LogP contribution in [0.1, 0.15) is 36.7 Å². The van der Waals surface area contributed by atoms with Crippen molar-refractivity contribution >= 4 is 11.7 Å². The molecule has 1 aliphatic rings. The Morgan fingerprint density at radius 3 is 2.80 bits per heavy atom. The van der Waals surface area contributed by atoms with Gasteiger partial charge in [-0.25, -0.2) is 4.98 Å². The molecule has 1 aromatic rings. The van der Waals surface area contributed by atoms with Crippen molar-refractivity contribution in [2.45, 2.75) is 31.7 Å². The summed E-state index contributed by atoms with van der Waals surface area (Å²) in [6.07, 6.45) is 6.05. The predicted molar refractivity (Wildman–Crippen MR) is 56.2 cm³/mol. The van der Waals surface area contributed by atoms with E-state index in [1.807, 2.05) is 6.92 Å². The topological polar surface area (TPSA) is 80.9 Å². The minimum atomic E-state index is -0.197. The summed E-state index contributed by atoms with van der Waals surface area (Å²) in [6, 6.07) is 0. The number of nitrogens with zero attached hydrogens (tertiary/aromatic N) is 2. The summed E-state index contributed by atoms with van der Waals surface area (Å²) in [5, 5.41) is 2.94. The number of nitrogen functional groups attached to an aromatic ring is 1. The highest BCUT2D eigenvalue weighted by Gasteiger charge is 2.33. The first-order chi connectivity index (χ1) is 7.09. The molecule has 0 radical (unpaired) electrons. The highest BCUT2D eigenvalue weighted by molar-refractivity contribution is 5.92. The Bertz CT molecular complexity index is 387. The highest BCUT2D eigenvalue weighted by atomic mass is 16.2. The minimum absolute atomic E-state index is 0.0661. The van der Waals surface area contributed by atoms with E-state index in [1.54, 1.807) is 0 Å². The van der Waals surface area contributed by atoms with E-state index in [4.69, 9.17) is 5.73 Å². The normalized spacial score (nSPS) is 17.9. The van der Waals surface area contributed by atoms with E-state index < -0.39 is 0 Å². The molecule has 0 unspecified atom stereocenters. The molecule has 1 aliphatic carbocycles. The first-order valence-corrected chi connectivity index (χ1v) is 4.99. The van der Waals surface area contributed by atoms with Crippen molar-refractivity contribution < 1.29 is 4.79 Å². The minimum Gasteiger partial charge on any atom is -0.382 e. The fourth-order valence-electron chi connectivity index (χ4n) is 1.66. The van der Waals surface area contributed by atoms with Crippen molar-refractivity contribution in [1.29, 1.82) is 0 Å². The maximum atomic E-state index is 11.7. The van der Waals surface area contributed by atoms with Gasteiger partial charge in [0.15, 0.2) is 0 Å². The summed E-state index contributed by atoms with van der Waals surface area (Å²) in [7, 11) is 0. The van der Waals surface area contributed by atoms with Gasteiger partial charge in [-0.3, -0.25) is 9.78 Å². The molecule has 1 saturated carbocycles. The smallest absolute Gasteiger partial charge is 0.271 e. The maximum absolute atomic E-state index is 11.7. The summed E-state index contributed by atoms with van der Waals surface area (Å²) >= 11 is 0. The monoisotopic (exact) mass is 206 g/mol. The summed E-state index contributed by atoms with van der Waals surface area (Å²) < 4.78 is 0. The third-order valence-electron chi connectivity index (χ3n) is 2.76. The van der Waals surface area contributed by atoms with Crippen LogP contribution in [0.2, 0.25) is 0 Å². The second-order valence-electron chi connectivity index (χ2n) is 4.20. The zero-order valence-corrected chi connectivity index (χ0v) is 8.66. The summed E-state index contributed by atoms with van der Waals surface area (Å²) in [5.41, 5.74) is 5.67. The SMILES string of the molecule is CC1(NC(=O)c2cncc(N)n2)CCC1. The number of carbonyl (C=O) groups excluding carboxylic acids is 1. The van der Waals surface area contributed by atoms with Gasteiger partial charge in [0.25, 0.3) is 5.91 Å². The van der Waals surface area contributed by atoms with Gasteiger partial charge in [0.05, 0.1) is 12.4 Å². The molecule has 1 amide bonds. The van der Waals surface area contributed by atoms with E-state index in [0.717, 1.165) is 12.8 Å². The Morgan fingerprint density at radius 2 is 2.27 bits per heavy atom. The highest BCUT2D eigenvalue weighted by Crippen LogP contribution is 2.31. The number of aromatic nitrogens is 2. The van der Waals surface area contributed by atoms with Crippen LogP contribution in [0.25, 0.3) is 0 Å². The zero-order valence-electron chi connectivity index (χ0n) is 8.66. The van der Waals surface area contributed by atoms with E-state index >= 15 is 0 Å². The van der Waals surface area contributed by atoms with Gasteiger partial charge in [-0.05, 0) is 26.2 Å². The summed E-state index contributed by atoms with van der Waals surface area (Å²) in [4.78, 5) is 19.5. The van der Waals surface area contributed by atoms with Gasteiger partial charge in [-0.15, -0.1) is 0 Å². The van der Waals surface area contributed by atoms with Gasteiger partial charge in [-0.2, -0.15) is 0 Å². The first kappa shape index (κ1) is 9.89. The fraction of sp³-hybridized carbons (Fsp3) is 0.500. The quantitative estimate of drug-likeness (QED) is 0.747. The van der Waals surface area contributed by atoms with Crippen molar-refractivity contribution in [3.05, 3.63) is 18.1 Å². The molecule has 0 aromatic carbocycles. The second-order valence-corrected chi connectivity index (χ2v) is 4.20. The van der Waals surface area contributed by atoms with Crippen LogP contribution in [-0.2, 0) is 0 Å². The largest absolute Gasteiger partial charge is 0.382 e. The molecule has 0 atom stereocenters. The van der Waals surface area contributed by atoms with Gasteiger partial charge < -0.3 is 11.1 Å². The summed E-state index contributed by atoms with van der Waals surface area (Å²) in [5.74, 6) is 0.0680. The lowest BCUT2D eigenvalue weighted by atomic mass is 9.78. The predicted octanol–water partition coefficient (Wildman–Crippen LogP) is 0.731. The van der Waals surface area contributed by atoms with Crippen LogP contribution in [0.3, 0.4) is 0 Å². The lowest BCUT2D eigenvalue weighted by Gasteiger charge is -2.38. The van der Waals surface area contributed by atoms with Crippen molar-refractivity contribution in [3.8, 4) is 0 Å². The van der Waals surface area contributed by atoms with Gasteiger partial charge in [-0.1, -0.05) is 0 Å². The van der Waals surface area contributed by atoms with E-state index in [0.29, 0.717) is 0 Å². The first-order valence-electron chi connectivity index (χ1n) is 4.99. The lowest BCUT2D eigenvalue weighted by molar-refractivity contribution is 0.0845.